The molecule has 2 amide bonds. The van der Waals surface area contributed by atoms with Gasteiger partial charge in [-0.15, -0.1) is 0 Å². The molecule has 0 unspecified atom stereocenters. The minimum absolute atomic E-state index is 0.00116. The van der Waals surface area contributed by atoms with Gasteiger partial charge in [0.15, 0.2) is 0 Å². The Kier molecular flexibility index (Phi) is 5.94. The number of alkyl halides is 3. The number of carbonyl (C=O) groups excluding carboxylic acids is 1. The van der Waals surface area contributed by atoms with Crippen molar-refractivity contribution in [3.63, 3.8) is 0 Å². The summed E-state index contributed by atoms with van der Waals surface area (Å²) in [7, 11) is 0. The fourth-order valence-electron chi connectivity index (χ4n) is 1.82. The van der Waals surface area contributed by atoms with Crippen molar-refractivity contribution in [2.75, 3.05) is 17.6 Å². The van der Waals surface area contributed by atoms with Crippen LogP contribution in [0.3, 0.4) is 0 Å². The summed E-state index contributed by atoms with van der Waals surface area (Å²) in [4.78, 5) is 18.0. The first kappa shape index (κ1) is 19.0. The lowest BCUT2D eigenvalue weighted by atomic mass is 10.3. The standard InChI is InChI=1S/C8H8N2.C7H8F3N5O/c1-7-6-9-10-5-3-2-4-8(7)10;8-7(9,10)3-14-6(16)15-4-1-12-5(11)13-2-4/h2-6H,1H3;1-2H,3H2,(H2,11,12,13)(H2,14,15,16). The van der Waals surface area contributed by atoms with Gasteiger partial charge in [0.2, 0.25) is 5.95 Å². The average Bonchev–Trinajstić information content (AvgIpc) is 2.97. The van der Waals surface area contributed by atoms with Gasteiger partial charge in [-0.2, -0.15) is 18.3 Å². The number of fused-ring (bicyclic) bond motifs is 1. The molecule has 0 aromatic carbocycles. The number of anilines is 2. The summed E-state index contributed by atoms with van der Waals surface area (Å²) in [5.74, 6) is 0.00116. The summed E-state index contributed by atoms with van der Waals surface area (Å²) in [6.07, 6.45) is 1.72. The first-order valence-corrected chi connectivity index (χ1v) is 7.33. The van der Waals surface area contributed by atoms with Crippen LogP contribution < -0.4 is 16.4 Å². The SMILES string of the molecule is Cc1cnn2ccccc12.Nc1ncc(NC(=O)NCC(F)(F)F)cn1. The highest BCUT2D eigenvalue weighted by molar-refractivity contribution is 5.88. The second-order valence-electron chi connectivity index (χ2n) is 5.11. The number of urea groups is 1. The van der Waals surface area contributed by atoms with Crippen molar-refractivity contribution in [3.8, 4) is 0 Å². The number of nitrogens with two attached hydrogens (primary N) is 1. The van der Waals surface area contributed by atoms with E-state index in [9.17, 15) is 18.0 Å². The van der Waals surface area contributed by atoms with Gasteiger partial charge in [0.25, 0.3) is 0 Å². The Balaban J connectivity index is 0.000000206. The maximum Gasteiger partial charge on any atom is 0.405 e. The zero-order chi connectivity index (χ0) is 19.2. The van der Waals surface area contributed by atoms with E-state index in [1.165, 1.54) is 23.5 Å². The van der Waals surface area contributed by atoms with Crippen LogP contribution in [0.5, 0.6) is 0 Å². The minimum Gasteiger partial charge on any atom is -0.368 e. The number of hydrogen-bond acceptors (Lipinski definition) is 5. The zero-order valence-corrected chi connectivity index (χ0v) is 13.7. The Morgan fingerprint density at radius 2 is 1.92 bits per heavy atom. The molecule has 3 rings (SSSR count). The Morgan fingerprint density at radius 1 is 1.23 bits per heavy atom. The zero-order valence-electron chi connectivity index (χ0n) is 13.7. The Bertz CT molecular complexity index is 862. The fourth-order valence-corrected chi connectivity index (χ4v) is 1.82. The number of nitrogen functional groups attached to an aromatic ring is 1. The Labute approximate surface area is 146 Å². The van der Waals surface area contributed by atoms with E-state index < -0.39 is 18.8 Å². The molecule has 26 heavy (non-hydrogen) atoms. The van der Waals surface area contributed by atoms with Gasteiger partial charge >= 0.3 is 12.2 Å². The number of aryl methyl sites for hydroxylation is 1. The van der Waals surface area contributed by atoms with Gasteiger partial charge in [-0.1, -0.05) is 6.07 Å². The predicted octanol–water partition coefficient (Wildman–Crippen LogP) is 2.39. The molecule has 0 radical (unpaired) electrons. The molecule has 3 aromatic rings. The van der Waals surface area contributed by atoms with E-state index in [1.54, 1.807) is 5.32 Å². The number of rotatable bonds is 2. The highest BCUT2D eigenvalue weighted by Gasteiger charge is 2.27. The van der Waals surface area contributed by atoms with Crippen molar-refractivity contribution < 1.29 is 18.0 Å². The number of amides is 2. The Hall–Kier alpha value is -3.37. The quantitative estimate of drug-likeness (QED) is 0.644. The van der Waals surface area contributed by atoms with Crippen molar-refractivity contribution in [2.24, 2.45) is 0 Å². The van der Waals surface area contributed by atoms with E-state index in [1.807, 2.05) is 29.0 Å². The van der Waals surface area contributed by atoms with Crippen LogP contribution in [-0.2, 0) is 0 Å². The molecule has 11 heteroatoms. The maximum atomic E-state index is 11.7. The second kappa shape index (κ2) is 8.14. The molecule has 0 fully saturated rings. The average molecular weight is 367 g/mol. The molecule has 0 spiro atoms. The van der Waals surface area contributed by atoms with Gasteiger partial charge in [0.05, 0.1) is 29.8 Å². The predicted molar refractivity (Wildman–Crippen MR) is 89.4 cm³/mol. The maximum absolute atomic E-state index is 11.7. The van der Waals surface area contributed by atoms with Crippen molar-refractivity contribution in [3.05, 3.63) is 48.5 Å². The van der Waals surface area contributed by atoms with E-state index in [2.05, 4.69) is 33.4 Å². The van der Waals surface area contributed by atoms with Crippen LogP contribution in [-0.4, -0.2) is 38.3 Å². The van der Waals surface area contributed by atoms with Gasteiger partial charge in [-0.25, -0.2) is 19.3 Å². The molecule has 0 saturated heterocycles. The van der Waals surface area contributed by atoms with Crippen LogP contribution in [0, 0.1) is 6.92 Å². The molecule has 3 aromatic heterocycles. The van der Waals surface area contributed by atoms with Crippen LogP contribution in [0.2, 0.25) is 0 Å². The molecule has 8 nitrogen and oxygen atoms in total. The molecule has 138 valence electrons. The number of carbonyl (C=O) groups is 1. The molecule has 0 aliphatic heterocycles. The third-order valence-corrected chi connectivity index (χ3v) is 3.00. The van der Waals surface area contributed by atoms with Gasteiger partial charge in [-0.3, -0.25) is 0 Å². The third-order valence-electron chi connectivity index (χ3n) is 3.00. The highest BCUT2D eigenvalue weighted by Crippen LogP contribution is 2.12. The van der Waals surface area contributed by atoms with Crippen LogP contribution in [0.1, 0.15) is 5.56 Å². The molecule has 0 aliphatic carbocycles. The summed E-state index contributed by atoms with van der Waals surface area (Å²) in [5.41, 5.74) is 7.73. The monoisotopic (exact) mass is 367 g/mol. The van der Waals surface area contributed by atoms with Gasteiger partial charge < -0.3 is 16.4 Å². The number of hydrogen-bond donors (Lipinski definition) is 3. The number of nitrogens with one attached hydrogen (secondary N) is 2. The smallest absolute Gasteiger partial charge is 0.368 e. The highest BCUT2D eigenvalue weighted by atomic mass is 19.4. The van der Waals surface area contributed by atoms with Crippen LogP contribution >= 0.6 is 0 Å². The fraction of sp³-hybridized carbons (Fsp3) is 0.200. The topological polar surface area (TPSA) is 110 Å². The molecule has 0 saturated carbocycles. The van der Waals surface area contributed by atoms with Crippen molar-refractivity contribution >= 4 is 23.2 Å². The summed E-state index contributed by atoms with van der Waals surface area (Å²) in [6, 6.07) is 5.05. The second-order valence-corrected chi connectivity index (χ2v) is 5.11. The largest absolute Gasteiger partial charge is 0.405 e. The van der Waals surface area contributed by atoms with E-state index in [-0.39, 0.29) is 11.6 Å². The number of pyridine rings is 1. The van der Waals surface area contributed by atoms with Crippen molar-refractivity contribution in [1.82, 2.24) is 24.9 Å². The number of halogens is 3. The Morgan fingerprint density at radius 3 is 2.54 bits per heavy atom. The molecule has 4 N–H and O–H groups in total. The van der Waals surface area contributed by atoms with E-state index in [0.29, 0.717) is 0 Å². The lowest BCUT2D eigenvalue weighted by molar-refractivity contribution is -0.122. The normalized spacial score (nSPS) is 10.8. The molecule has 0 aliphatic rings. The van der Waals surface area contributed by atoms with Crippen molar-refractivity contribution in [2.45, 2.75) is 13.1 Å². The van der Waals surface area contributed by atoms with E-state index >= 15 is 0 Å². The molecule has 3 heterocycles. The van der Waals surface area contributed by atoms with E-state index in [0.717, 1.165) is 0 Å². The van der Waals surface area contributed by atoms with Crippen LogP contribution in [0.15, 0.2) is 43.0 Å². The summed E-state index contributed by atoms with van der Waals surface area (Å²) in [5, 5.41) is 7.87. The number of nitrogens with zero attached hydrogens (tertiary/aromatic N) is 4. The molecule has 0 bridgehead atoms. The molecular weight excluding hydrogens is 351 g/mol. The van der Waals surface area contributed by atoms with Gasteiger partial charge in [-0.05, 0) is 24.6 Å². The minimum atomic E-state index is -4.45. The summed E-state index contributed by atoms with van der Waals surface area (Å²) >= 11 is 0. The third kappa shape index (κ3) is 5.92. The van der Waals surface area contributed by atoms with Gasteiger partial charge in [0.1, 0.15) is 6.54 Å². The summed E-state index contributed by atoms with van der Waals surface area (Å²) in [6.45, 7) is 0.650. The van der Waals surface area contributed by atoms with Crippen LogP contribution in [0.25, 0.3) is 5.52 Å². The lowest BCUT2D eigenvalue weighted by Gasteiger charge is -2.09. The van der Waals surface area contributed by atoms with Crippen LogP contribution in [0.4, 0.5) is 29.6 Å². The first-order valence-electron chi connectivity index (χ1n) is 7.33. The van der Waals surface area contributed by atoms with Crippen molar-refractivity contribution in [1.29, 1.82) is 0 Å². The summed E-state index contributed by atoms with van der Waals surface area (Å²) < 4.78 is 37.0. The lowest BCUT2D eigenvalue weighted by Crippen LogP contribution is -2.36. The molecule has 0 atom stereocenters. The van der Waals surface area contributed by atoms with Gasteiger partial charge in [0, 0.05) is 6.20 Å². The van der Waals surface area contributed by atoms with E-state index in [4.69, 9.17) is 5.73 Å². The first-order chi connectivity index (χ1) is 12.2. The number of aromatic nitrogens is 4. The molecular formula is C15H16F3N7O.